The van der Waals surface area contributed by atoms with Crippen LogP contribution in [0.1, 0.15) is 5.56 Å². The molecule has 1 aromatic rings. The Morgan fingerprint density at radius 1 is 1.07 bits per heavy atom. The summed E-state index contributed by atoms with van der Waals surface area (Å²) in [6.07, 6.45) is -4.92. The SMILES string of the molecule is CNCC(F)(c1ccccc1)C(F)(F)F. The van der Waals surface area contributed by atoms with Crippen molar-refractivity contribution in [3.05, 3.63) is 35.9 Å². The summed E-state index contributed by atoms with van der Waals surface area (Å²) in [4.78, 5) is 0. The maximum Gasteiger partial charge on any atom is 0.428 e. The van der Waals surface area contributed by atoms with Crippen molar-refractivity contribution in [2.45, 2.75) is 11.8 Å². The van der Waals surface area contributed by atoms with Gasteiger partial charge in [0.25, 0.3) is 0 Å². The molecule has 0 fully saturated rings. The lowest BCUT2D eigenvalue weighted by atomic mass is 9.95. The maximum absolute atomic E-state index is 13.8. The summed E-state index contributed by atoms with van der Waals surface area (Å²) >= 11 is 0. The molecule has 1 nitrogen and oxygen atoms in total. The van der Waals surface area contributed by atoms with E-state index in [-0.39, 0.29) is 5.56 Å². The van der Waals surface area contributed by atoms with Gasteiger partial charge in [-0.15, -0.1) is 0 Å². The highest BCUT2D eigenvalue weighted by Crippen LogP contribution is 2.41. The van der Waals surface area contributed by atoms with Crippen molar-refractivity contribution in [2.75, 3.05) is 13.6 Å². The van der Waals surface area contributed by atoms with Crippen LogP contribution < -0.4 is 5.32 Å². The van der Waals surface area contributed by atoms with Crippen LogP contribution in [-0.2, 0) is 5.67 Å². The molecule has 1 N–H and O–H groups in total. The summed E-state index contributed by atoms with van der Waals surface area (Å²) in [6, 6.07) is 6.56. The van der Waals surface area contributed by atoms with Gasteiger partial charge in [0, 0.05) is 6.54 Å². The summed E-state index contributed by atoms with van der Waals surface area (Å²) in [6.45, 7) is -0.791. The second-order valence-corrected chi connectivity index (χ2v) is 3.20. The van der Waals surface area contributed by atoms with E-state index in [1.165, 1.54) is 19.2 Å². The van der Waals surface area contributed by atoms with Crippen LogP contribution in [0.4, 0.5) is 17.6 Å². The molecule has 15 heavy (non-hydrogen) atoms. The molecule has 0 aliphatic heterocycles. The first-order valence-electron chi connectivity index (χ1n) is 4.37. The smallest absolute Gasteiger partial charge is 0.316 e. The molecule has 0 aromatic heterocycles. The first-order valence-corrected chi connectivity index (χ1v) is 4.37. The zero-order valence-electron chi connectivity index (χ0n) is 8.11. The van der Waals surface area contributed by atoms with Crippen LogP contribution in [0.5, 0.6) is 0 Å². The van der Waals surface area contributed by atoms with E-state index in [1.807, 2.05) is 0 Å². The Kier molecular flexibility index (Phi) is 3.34. The molecular weight excluding hydrogens is 210 g/mol. The molecule has 1 rings (SSSR count). The summed E-state index contributed by atoms with van der Waals surface area (Å²) in [7, 11) is 1.28. The average Bonchev–Trinajstić information content (AvgIpc) is 2.18. The Bertz CT molecular complexity index is 309. The molecule has 5 heteroatoms. The van der Waals surface area contributed by atoms with Crippen molar-refractivity contribution >= 4 is 0 Å². The van der Waals surface area contributed by atoms with Gasteiger partial charge in [-0.1, -0.05) is 30.3 Å². The predicted octanol–water partition coefficient (Wildman–Crippen LogP) is 2.63. The van der Waals surface area contributed by atoms with Crippen molar-refractivity contribution in [3.8, 4) is 0 Å². The van der Waals surface area contributed by atoms with Gasteiger partial charge in [0.05, 0.1) is 0 Å². The molecule has 1 aromatic carbocycles. The van der Waals surface area contributed by atoms with Gasteiger partial charge in [0.2, 0.25) is 5.67 Å². The number of hydrogen-bond acceptors (Lipinski definition) is 1. The number of nitrogens with one attached hydrogen (secondary N) is 1. The number of halogens is 4. The molecule has 0 saturated carbocycles. The van der Waals surface area contributed by atoms with E-state index in [9.17, 15) is 17.6 Å². The fourth-order valence-electron chi connectivity index (χ4n) is 1.31. The predicted molar refractivity (Wildman–Crippen MR) is 49.2 cm³/mol. The van der Waals surface area contributed by atoms with E-state index in [4.69, 9.17) is 0 Å². The summed E-state index contributed by atoms with van der Waals surface area (Å²) in [5.41, 5.74) is -3.71. The van der Waals surface area contributed by atoms with Crippen LogP contribution in [0.3, 0.4) is 0 Å². The molecule has 0 aliphatic carbocycles. The zero-order chi connectivity index (χ0) is 11.5. The van der Waals surface area contributed by atoms with Gasteiger partial charge in [0.15, 0.2) is 0 Å². The molecule has 0 aliphatic rings. The molecule has 0 saturated heterocycles. The van der Waals surface area contributed by atoms with Crippen LogP contribution in [0.15, 0.2) is 30.3 Å². The standard InChI is InChI=1S/C10H11F4N/c1-15-7-9(11,10(12,13)14)8-5-3-2-4-6-8/h2-6,15H,7H2,1H3. The first kappa shape index (κ1) is 12.0. The minimum atomic E-state index is -4.92. The van der Waals surface area contributed by atoms with Crippen LogP contribution in [0, 0.1) is 0 Å². The third-order valence-electron chi connectivity index (χ3n) is 2.10. The van der Waals surface area contributed by atoms with Crippen molar-refractivity contribution in [1.82, 2.24) is 5.32 Å². The summed E-state index contributed by atoms with van der Waals surface area (Å²) in [5, 5.41) is 2.22. The fraction of sp³-hybridized carbons (Fsp3) is 0.400. The first-order chi connectivity index (χ1) is 6.92. The fourth-order valence-corrected chi connectivity index (χ4v) is 1.31. The number of hydrogen-bond donors (Lipinski definition) is 1. The Morgan fingerprint density at radius 2 is 1.60 bits per heavy atom. The Balaban J connectivity index is 3.13. The number of benzene rings is 1. The van der Waals surface area contributed by atoms with Crippen molar-refractivity contribution in [1.29, 1.82) is 0 Å². The zero-order valence-corrected chi connectivity index (χ0v) is 8.11. The van der Waals surface area contributed by atoms with Crippen molar-refractivity contribution < 1.29 is 17.6 Å². The Morgan fingerprint density at radius 3 is 2.00 bits per heavy atom. The monoisotopic (exact) mass is 221 g/mol. The van der Waals surface area contributed by atoms with Crippen molar-refractivity contribution in [2.24, 2.45) is 0 Å². The van der Waals surface area contributed by atoms with Crippen LogP contribution in [0.25, 0.3) is 0 Å². The molecule has 0 heterocycles. The highest BCUT2D eigenvalue weighted by molar-refractivity contribution is 5.24. The van der Waals surface area contributed by atoms with Gasteiger partial charge in [0.1, 0.15) is 0 Å². The van der Waals surface area contributed by atoms with E-state index in [0.717, 1.165) is 12.1 Å². The number of alkyl halides is 4. The van der Waals surface area contributed by atoms with E-state index in [0.29, 0.717) is 0 Å². The lowest BCUT2D eigenvalue weighted by Gasteiger charge is -2.28. The minimum Gasteiger partial charge on any atom is -0.316 e. The van der Waals surface area contributed by atoms with Crippen LogP contribution in [-0.4, -0.2) is 19.8 Å². The van der Waals surface area contributed by atoms with E-state index >= 15 is 0 Å². The van der Waals surface area contributed by atoms with Gasteiger partial charge < -0.3 is 5.32 Å². The highest BCUT2D eigenvalue weighted by Gasteiger charge is 2.56. The number of likely N-dealkylation sites (N-methyl/N-ethyl adjacent to an activating group) is 1. The molecule has 0 amide bonds. The summed E-state index contributed by atoms with van der Waals surface area (Å²) < 4.78 is 51.5. The quantitative estimate of drug-likeness (QED) is 0.774. The topological polar surface area (TPSA) is 12.0 Å². The van der Waals surface area contributed by atoms with Gasteiger partial charge in [-0.05, 0) is 12.6 Å². The minimum absolute atomic E-state index is 0.383. The molecule has 0 spiro atoms. The molecular formula is C10H11F4N. The summed E-state index contributed by atoms with van der Waals surface area (Å²) in [5.74, 6) is 0. The van der Waals surface area contributed by atoms with Gasteiger partial charge in [-0.25, -0.2) is 4.39 Å². The second-order valence-electron chi connectivity index (χ2n) is 3.20. The Hall–Kier alpha value is -1.10. The molecule has 0 radical (unpaired) electrons. The van der Waals surface area contributed by atoms with E-state index in [2.05, 4.69) is 5.32 Å². The van der Waals surface area contributed by atoms with Crippen molar-refractivity contribution in [3.63, 3.8) is 0 Å². The van der Waals surface area contributed by atoms with Crippen LogP contribution in [0.2, 0.25) is 0 Å². The van der Waals surface area contributed by atoms with E-state index < -0.39 is 18.4 Å². The lowest BCUT2D eigenvalue weighted by Crippen LogP contribution is -2.45. The average molecular weight is 221 g/mol. The molecule has 1 unspecified atom stereocenters. The van der Waals surface area contributed by atoms with Gasteiger partial charge in [-0.2, -0.15) is 13.2 Å². The largest absolute Gasteiger partial charge is 0.428 e. The number of rotatable bonds is 3. The lowest BCUT2D eigenvalue weighted by molar-refractivity contribution is -0.233. The van der Waals surface area contributed by atoms with Gasteiger partial charge in [-0.3, -0.25) is 0 Å². The van der Waals surface area contributed by atoms with E-state index in [1.54, 1.807) is 6.07 Å². The molecule has 84 valence electrons. The highest BCUT2D eigenvalue weighted by atomic mass is 19.4. The van der Waals surface area contributed by atoms with Gasteiger partial charge >= 0.3 is 6.18 Å². The molecule has 1 atom stereocenters. The third kappa shape index (κ3) is 2.28. The molecule has 0 bridgehead atoms. The third-order valence-corrected chi connectivity index (χ3v) is 2.10. The van der Waals surface area contributed by atoms with Crippen LogP contribution >= 0.6 is 0 Å². The normalized spacial score (nSPS) is 16.1. The Labute approximate surface area is 85.1 Å². The second kappa shape index (κ2) is 4.18. The maximum atomic E-state index is 13.8.